The van der Waals surface area contributed by atoms with E-state index in [0.29, 0.717) is 11.3 Å². The van der Waals surface area contributed by atoms with E-state index in [1.807, 2.05) is 44.4 Å². The number of benzene rings is 1. The number of nitrogen functional groups attached to an aromatic ring is 1. The summed E-state index contributed by atoms with van der Waals surface area (Å²) in [7, 11) is 0. The van der Waals surface area contributed by atoms with Crippen molar-refractivity contribution >= 4 is 17.6 Å². The highest BCUT2D eigenvalue weighted by atomic mass is 32.2. The van der Waals surface area contributed by atoms with Crippen molar-refractivity contribution in [3.63, 3.8) is 0 Å². The second kappa shape index (κ2) is 5.92. The second-order valence-corrected chi connectivity index (χ2v) is 5.16. The number of ether oxygens (including phenoxy) is 1. The van der Waals surface area contributed by atoms with Crippen molar-refractivity contribution in [2.45, 2.75) is 18.7 Å². The molecular formula is C14H16N4OS. The van der Waals surface area contributed by atoms with Gasteiger partial charge in [0.15, 0.2) is 0 Å². The van der Waals surface area contributed by atoms with Crippen LogP contribution < -0.4 is 10.5 Å². The van der Waals surface area contributed by atoms with Gasteiger partial charge in [-0.05, 0) is 49.9 Å². The lowest BCUT2D eigenvalue weighted by atomic mass is 10.1. The third-order valence-corrected chi connectivity index (χ3v) is 3.71. The van der Waals surface area contributed by atoms with Crippen LogP contribution in [0.25, 0.3) is 0 Å². The van der Waals surface area contributed by atoms with E-state index in [4.69, 9.17) is 15.9 Å². The van der Waals surface area contributed by atoms with Crippen molar-refractivity contribution < 1.29 is 4.74 Å². The molecular weight excluding hydrogens is 272 g/mol. The summed E-state index contributed by atoms with van der Waals surface area (Å²) in [6.07, 6.45) is 2.01. The molecule has 1 aromatic heterocycles. The molecule has 3 N–H and O–H groups in total. The average molecular weight is 288 g/mol. The molecule has 6 heteroatoms. The summed E-state index contributed by atoms with van der Waals surface area (Å²) in [5, 5.41) is 15.7. The average Bonchev–Trinajstić information content (AvgIpc) is 2.43. The lowest BCUT2D eigenvalue weighted by Gasteiger charge is -2.12. The van der Waals surface area contributed by atoms with Gasteiger partial charge in [-0.25, -0.2) is 0 Å². The summed E-state index contributed by atoms with van der Waals surface area (Å²) >= 11 is 1.66. The molecule has 0 bridgehead atoms. The number of aryl methyl sites for hydroxylation is 1. The molecule has 1 heterocycles. The molecule has 1 aromatic carbocycles. The van der Waals surface area contributed by atoms with E-state index in [1.165, 1.54) is 0 Å². The molecule has 0 saturated carbocycles. The van der Waals surface area contributed by atoms with Crippen LogP contribution in [0.5, 0.6) is 11.6 Å². The predicted octanol–water partition coefficient (Wildman–Crippen LogP) is 2.89. The Hall–Kier alpha value is -2.08. The van der Waals surface area contributed by atoms with E-state index >= 15 is 0 Å². The predicted molar refractivity (Wildman–Crippen MR) is 80.8 cm³/mol. The summed E-state index contributed by atoms with van der Waals surface area (Å²) in [5.74, 6) is 0.830. The molecule has 0 amide bonds. The molecule has 2 aromatic rings. The van der Waals surface area contributed by atoms with Gasteiger partial charge >= 0.3 is 0 Å². The first kappa shape index (κ1) is 14.3. The summed E-state index contributed by atoms with van der Waals surface area (Å²) in [5.41, 5.74) is 7.65. The molecule has 2 rings (SSSR count). The Bertz CT molecular complexity index is 640. The number of aromatic nitrogens is 2. The van der Waals surface area contributed by atoms with Gasteiger partial charge in [0.25, 0.3) is 0 Å². The van der Waals surface area contributed by atoms with Crippen LogP contribution in [0, 0.1) is 19.3 Å². The fourth-order valence-corrected chi connectivity index (χ4v) is 2.14. The number of rotatable bonds is 4. The van der Waals surface area contributed by atoms with E-state index in [2.05, 4.69) is 10.2 Å². The maximum atomic E-state index is 7.67. The van der Waals surface area contributed by atoms with E-state index in [1.54, 1.807) is 11.8 Å². The van der Waals surface area contributed by atoms with Crippen LogP contribution in [0.15, 0.2) is 29.2 Å². The standard InChI is InChI=1S/C14H16N4OS/c1-8-9(2)17-18-14(12(8)13(15)16)19-10-4-6-11(20-3)7-5-10/h4-7H,1-3H3,(H3,15,16). The number of thioether (sulfide) groups is 1. The first-order chi connectivity index (χ1) is 9.52. The molecule has 0 spiro atoms. The molecule has 0 aliphatic carbocycles. The van der Waals surface area contributed by atoms with Gasteiger partial charge in [0.05, 0.1) is 11.3 Å². The molecule has 104 valence electrons. The van der Waals surface area contributed by atoms with Crippen molar-refractivity contribution in [2.75, 3.05) is 6.26 Å². The Balaban J connectivity index is 2.37. The fourth-order valence-electron chi connectivity index (χ4n) is 1.73. The lowest BCUT2D eigenvalue weighted by Crippen LogP contribution is -2.16. The zero-order valence-electron chi connectivity index (χ0n) is 11.6. The highest BCUT2D eigenvalue weighted by Gasteiger charge is 2.15. The van der Waals surface area contributed by atoms with Gasteiger partial charge < -0.3 is 10.5 Å². The van der Waals surface area contributed by atoms with Crippen molar-refractivity contribution in [3.05, 3.63) is 41.1 Å². The van der Waals surface area contributed by atoms with Crippen LogP contribution in [-0.4, -0.2) is 22.3 Å². The van der Waals surface area contributed by atoms with Gasteiger partial charge in [0, 0.05) is 4.90 Å². The molecule has 0 unspecified atom stereocenters. The van der Waals surface area contributed by atoms with Gasteiger partial charge in [-0.2, -0.15) is 5.10 Å². The largest absolute Gasteiger partial charge is 0.437 e. The molecule has 0 fully saturated rings. The highest BCUT2D eigenvalue weighted by molar-refractivity contribution is 7.98. The van der Waals surface area contributed by atoms with Crippen LogP contribution >= 0.6 is 11.8 Å². The van der Waals surface area contributed by atoms with Crippen LogP contribution in [0.1, 0.15) is 16.8 Å². The highest BCUT2D eigenvalue weighted by Crippen LogP contribution is 2.27. The molecule has 0 aliphatic heterocycles. The summed E-state index contributed by atoms with van der Waals surface area (Å²) in [6.45, 7) is 3.68. The summed E-state index contributed by atoms with van der Waals surface area (Å²) < 4.78 is 5.70. The van der Waals surface area contributed by atoms with Gasteiger partial charge in [-0.1, -0.05) is 0 Å². The molecule has 20 heavy (non-hydrogen) atoms. The minimum absolute atomic E-state index is 0.0729. The van der Waals surface area contributed by atoms with E-state index < -0.39 is 0 Å². The maximum absolute atomic E-state index is 7.67. The smallest absolute Gasteiger partial charge is 0.250 e. The number of hydrogen-bond donors (Lipinski definition) is 2. The number of nitrogens with one attached hydrogen (secondary N) is 1. The van der Waals surface area contributed by atoms with E-state index in [9.17, 15) is 0 Å². The Morgan fingerprint density at radius 2 is 1.85 bits per heavy atom. The zero-order valence-corrected chi connectivity index (χ0v) is 12.4. The van der Waals surface area contributed by atoms with E-state index in [-0.39, 0.29) is 11.7 Å². The fraction of sp³-hybridized carbons (Fsp3) is 0.214. The van der Waals surface area contributed by atoms with Crippen molar-refractivity contribution in [2.24, 2.45) is 5.73 Å². The molecule has 0 aliphatic rings. The number of hydrogen-bond acceptors (Lipinski definition) is 5. The molecule has 0 atom stereocenters. The summed E-state index contributed by atoms with van der Waals surface area (Å²) in [4.78, 5) is 1.15. The van der Waals surface area contributed by atoms with Crippen LogP contribution in [0.2, 0.25) is 0 Å². The molecule has 0 saturated heterocycles. The van der Waals surface area contributed by atoms with Crippen LogP contribution in [0.4, 0.5) is 0 Å². The second-order valence-electron chi connectivity index (χ2n) is 4.28. The number of amidine groups is 1. The Labute approximate surface area is 122 Å². The molecule has 5 nitrogen and oxygen atoms in total. The lowest BCUT2D eigenvalue weighted by molar-refractivity contribution is 0.452. The SMILES string of the molecule is CSc1ccc(Oc2nnc(C)c(C)c2C(=N)N)cc1. The summed E-state index contributed by atoms with van der Waals surface area (Å²) in [6, 6.07) is 7.63. The first-order valence-corrected chi connectivity index (χ1v) is 7.25. The van der Waals surface area contributed by atoms with Crippen LogP contribution in [-0.2, 0) is 0 Å². The van der Waals surface area contributed by atoms with Crippen molar-refractivity contribution in [3.8, 4) is 11.6 Å². The first-order valence-electron chi connectivity index (χ1n) is 6.03. The minimum atomic E-state index is -0.0729. The maximum Gasteiger partial charge on any atom is 0.250 e. The van der Waals surface area contributed by atoms with E-state index in [0.717, 1.165) is 16.2 Å². The minimum Gasteiger partial charge on any atom is -0.437 e. The number of nitrogens with zero attached hydrogens (tertiary/aromatic N) is 2. The Morgan fingerprint density at radius 3 is 2.40 bits per heavy atom. The topological polar surface area (TPSA) is 84.9 Å². The van der Waals surface area contributed by atoms with Crippen LogP contribution in [0.3, 0.4) is 0 Å². The van der Waals surface area contributed by atoms with Gasteiger partial charge in [0.1, 0.15) is 11.6 Å². The van der Waals surface area contributed by atoms with Gasteiger partial charge in [-0.15, -0.1) is 16.9 Å². The van der Waals surface area contributed by atoms with Crippen molar-refractivity contribution in [1.82, 2.24) is 10.2 Å². The zero-order chi connectivity index (χ0) is 14.7. The Morgan fingerprint density at radius 1 is 1.20 bits per heavy atom. The number of nitrogens with two attached hydrogens (primary N) is 1. The quantitative estimate of drug-likeness (QED) is 0.513. The molecule has 0 radical (unpaired) electrons. The van der Waals surface area contributed by atoms with Gasteiger partial charge in [0.2, 0.25) is 5.88 Å². The third-order valence-electron chi connectivity index (χ3n) is 2.97. The van der Waals surface area contributed by atoms with Gasteiger partial charge in [-0.3, -0.25) is 5.41 Å². The third kappa shape index (κ3) is 2.91. The van der Waals surface area contributed by atoms with Crippen molar-refractivity contribution in [1.29, 1.82) is 5.41 Å². The normalized spacial score (nSPS) is 10.3. The monoisotopic (exact) mass is 288 g/mol. The Kier molecular flexibility index (Phi) is 4.24.